The zero-order chi connectivity index (χ0) is 27.3. The van der Waals surface area contributed by atoms with E-state index in [1.807, 2.05) is 45.0 Å². The van der Waals surface area contributed by atoms with E-state index < -0.39 is 11.8 Å². The normalized spacial score (nSPS) is 12.9. The van der Waals surface area contributed by atoms with Crippen LogP contribution in [0.1, 0.15) is 42.4 Å². The van der Waals surface area contributed by atoms with Crippen LogP contribution < -0.4 is 16.0 Å². The van der Waals surface area contributed by atoms with Gasteiger partial charge in [0.15, 0.2) is 0 Å². The summed E-state index contributed by atoms with van der Waals surface area (Å²) in [6.07, 6.45) is 1.62. The highest BCUT2D eigenvalue weighted by Crippen LogP contribution is 2.32. The Morgan fingerprint density at radius 1 is 1.03 bits per heavy atom. The summed E-state index contributed by atoms with van der Waals surface area (Å²) in [5.41, 5.74) is 5.82. The van der Waals surface area contributed by atoms with E-state index in [-0.39, 0.29) is 17.0 Å². The molecular weight excluding hydrogens is 497 g/mol. The maximum atomic E-state index is 14.8. The van der Waals surface area contributed by atoms with Crippen molar-refractivity contribution in [3.05, 3.63) is 89.6 Å². The van der Waals surface area contributed by atoms with Gasteiger partial charge in [0.1, 0.15) is 11.6 Å². The van der Waals surface area contributed by atoms with Crippen LogP contribution in [-0.2, 0) is 12.0 Å². The predicted molar refractivity (Wildman–Crippen MR) is 148 cm³/mol. The molecule has 0 unspecified atom stereocenters. The van der Waals surface area contributed by atoms with Crippen LogP contribution in [0.15, 0.2) is 67.0 Å². The SMILES string of the molecule is CC(C)(C)c1cc(NC(=O)Nc2cc(-c3cccc4c3CNC4=O)ccc2F)n(-c2ccc3nc[nH]c3c2)n1. The third-order valence-electron chi connectivity index (χ3n) is 6.74. The molecule has 3 heterocycles. The van der Waals surface area contributed by atoms with Gasteiger partial charge >= 0.3 is 6.03 Å². The maximum absolute atomic E-state index is 14.8. The molecule has 0 saturated carbocycles. The van der Waals surface area contributed by atoms with Gasteiger partial charge in [-0.25, -0.2) is 18.9 Å². The first-order valence-electron chi connectivity index (χ1n) is 12.5. The lowest BCUT2D eigenvalue weighted by Crippen LogP contribution is -2.22. The molecule has 0 saturated heterocycles. The standard InChI is InChI=1S/C29H26FN7O2/c1-29(2,3)25-13-26(37(36-25)17-8-10-22-24(12-17)33-15-32-22)35-28(39)34-23-11-16(7-9-21(23)30)18-5-4-6-19-20(18)14-31-27(19)38/h4-13,15H,14H2,1-3H3,(H,31,38)(H,32,33)(H2,34,35,39). The van der Waals surface area contributed by atoms with Crippen LogP contribution in [0.25, 0.3) is 27.8 Å². The van der Waals surface area contributed by atoms with Gasteiger partial charge in [0, 0.05) is 23.6 Å². The molecule has 1 aliphatic rings. The van der Waals surface area contributed by atoms with Crippen molar-refractivity contribution in [2.75, 3.05) is 10.6 Å². The number of anilines is 2. The second-order valence-electron chi connectivity index (χ2n) is 10.5. The Labute approximate surface area is 223 Å². The van der Waals surface area contributed by atoms with Crippen molar-refractivity contribution in [2.45, 2.75) is 32.7 Å². The number of aromatic amines is 1. The van der Waals surface area contributed by atoms with E-state index in [1.165, 1.54) is 6.07 Å². The number of halogens is 1. The van der Waals surface area contributed by atoms with Gasteiger partial charge in [-0.2, -0.15) is 5.10 Å². The number of nitrogens with one attached hydrogen (secondary N) is 4. The van der Waals surface area contributed by atoms with Gasteiger partial charge in [0.25, 0.3) is 5.91 Å². The quantitative estimate of drug-likeness (QED) is 0.240. The van der Waals surface area contributed by atoms with E-state index in [0.717, 1.165) is 33.5 Å². The summed E-state index contributed by atoms with van der Waals surface area (Å²) in [6, 6.07) is 16.7. The average molecular weight is 524 g/mol. The number of nitrogens with zero attached hydrogens (tertiary/aromatic N) is 3. The Balaban J connectivity index is 1.30. The fourth-order valence-corrected chi connectivity index (χ4v) is 4.67. The molecule has 6 rings (SSSR count). The third kappa shape index (κ3) is 4.50. The minimum absolute atomic E-state index is 0.0147. The van der Waals surface area contributed by atoms with E-state index in [4.69, 9.17) is 5.10 Å². The lowest BCUT2D eigenvalue weighted by Gasteiger charge is -2.14. The van der Waals surface area contributed by atoms with E-state index in [0.29, 0.717) is 23.5 Å². The van der Waals surface area contributed by atoms with Crippen molar-refractivity contribution in [1.29, 1.82) is 0 Å². The van der Waals surface area contributed by atoms with E-state index in [9.17, 15) is 14.0 Å². The van der Waals surface area contributed by atoms with Crippen molar-refractivity contribution in [3.8, 4) is 16.8 Å². The van der Waals surface area contributed by atoms with Crippen LogP contribution in [0.3, 0.4) is 0 Å². The summed E-state index contributed by atoms with van der Waals surface area (Å²) in [4.78, 5) is 32.6. The highest BCUT2D eigenvalue weighted by molar-refractivity contribution is 6.02. The van der Waals surface area contributed by atoms with Crippen molar-refractivity contribution in [3.63, 3.8) is 0 Å². The largest absolute Gasteiger partial charge is 0.348 e. The Morgan fingerprint density at radius 2 is 1.85 bits per heavy atom. The molecule has 3 amide bonds. The Hall–Kier alpha value is -4.99. The number of H-pyrrole nitrogens is 1. The van der Waals surface area contributed by atoms with Gasteiger partial charge in [0.2, 0.25) is 0 Å². The van der Waals surface area contributed by atoms with E-state index >= 15 is 0 Å². The minimum atomic E-state index is -0.620. The number of imidazole rings is 1. The van der Waals surface area contributed by atoms with Crippen molar-refractivity contribution in [1.82, 2.24) is 25.1 Å². The number of benzene rings is 3. The van der Waals surface area contributed by atoms with E-state index in [2.05, 4.69) is 25.9 Å². The van der Waals surface area contributed by atoms with Crippen LogP contribution in [-0.4, -0.2) is 31.7 Å². The molecule has 4 N–H and O–H groups in total. The second-order valence-corrected chi connectivity index (χ2v) is 10.5. The van der Waals surface area contributed by atoms with Crippen LogP contribution in [0, 0.1) is 5.82 Å². The first-order chi connectivity index (χ1) is 18.7. The molecule has 1 aliphatic heterocycles. The lowest BCUT2D eigenvalue weighted by molar-refractivity contribution is 0.0965. The third-order valence-corrected chi connectivity index (χ3v) is 6.74. The zero-order valence-corrected chi connectivity index (χ0v) is 21.6. The average Bonchev–Trinajstić information content (AvgIpc) is 3.63. The molecule has 3 aromatic carbocycles. The zero-order valence-electron chi connectivity index (χ0n) is 21.6. The number of carbonyl (C=O) groups is 2. The molecule has 5 aromatic rings. The number of rotatable bonds is 4. The summed E-state index contributed by atoms with van der Waals surface area (Å²) in [5.74, 6) is -0.285. The smallest absolute Gasteiger partial charge is 0.324 e. The molecule has 0 bridgehead atoms. The molecule has 39 heavy (non-hydrogen) atoms. The first-order valence-corrected chi connectivity index (χ1v) is 12.5. The summed E-state index contributed by atoms with van der Waals surface area (Å²) < 4.78 is 16.5. The molecule has 2 aromatic heterocycles. The van der Waals surface area contributed by atoms with Gasteiger partial charge in [0.05, 0.1) is 34.4 Å². The topological polar surface area (TPSA) is 117 Å². The number of hydrogen-bond acceptors (Lipinski definition) is 4. The summed E-state index contributed by atoms with van der Waals surface area (Å²) in [7, 11) is 0. The predicted octanol–water partition coefficient (Wildman–Crippen LogP) is 5.74. The van der Waals surface area contributed by atoms with Gasteiger partial charge in [-0.15, -0.1) is 0 Å². The first kappa shape index (κ1) is 24.4. The van der Waals surface area contributed by atoms with Crippen LogP contribution in [0.5, 0.6) is 0 Å². The summed E-state index contributed by atoms with van der Waals surface area (Å²) in [6.45, 7) is 6.50. The highest BCUT2D eigenvalue weighted by Gasteiger charge is 2.24. The van der Waals surface area contributed by atoms with Crippen LogP contribution in [0.2, 0.25) is 0 Å². The molecule has 9 nitrogen and oxygen atoms in total. The molecule has 0 spiro atoms. The minimum Gasteiger partial charge on any atom is -0.348 e. The second kappa shape index (κ2) is 9.09. The molecule has 0 radical (unpaired) electrons. The van der Waals surface area contributed by atoms with E-state index in [1.54, 1.807) is 41.3 Å². The van der Waals surface area contributed by atoms with Crippen molar-refractivity contribution in [2.24, 2.45) is 0 Å². The Morgan fingerprint density at radius 3 is 2.67 bits per heavy atom. The fourth-order valence-electron chi connectivity index (χ4n) is 4.67. The van der Waals surface area contributed by atoms with Crippen molar-refractivity contribution >= 4 is 34.5 Å². The lowest BCUT2D eigenvalue weighted by atomic mass is 9.92. The molecule has 0 aliphatic carbocycles. The number of carbonyl (C=O) groups excluding carboxylic acids is 2. The van der Waals surface area contributed by atoms with Gasteiger partial charge in [-0.3, -0.25) is 10.1 Å². The summed E-state index contributed by atoms with van der Waals surface area (Å²) >= 11 is 0. The number of hydrogen-bond donors (Lipinski definition) is 4. The molecule has 0 fully saturated rings. The Bertz CT molecular complexity index is 1760. The number of aromatic nitrogens is 4. The molecule has 10 heteroatoms. The number of fused-ring (bicyclic) bond motifs is 2. The molecular formula is C29H26FN7O2. The van der Waals surface area contributed by atoms with Gasteiger partial charge in [-0.05, 0) is 53.1 Å². The van der Waals surface area contributed by atoms with Crippen molar-refractivity contribution < 1.29 is 14.0 Å². The van der Waals surface area contributed by atoms with Crippen LogP contribution in [0.4, 0.5) is 20.7 Å². The Kier molecular flexibility index (Phi) is 5.67. The number of amides is 3. The molecule has 0 atom stereocenters. The maximum Gasteiger partial charge on any atom is 0.324 e. The van der Waals surface area contributed by atoms with Gasteiger partial charge in [-0.1, -0.05) is 39.0 Å². The number of urea groups is 1. The summed E-state index contributed by atoms with van der Waals surface area (Å²) in [5, 5.41) is 13.0. The fraction of sp³-hybridized carbons (Fsp3) is 0.172. The highest BCUT2D eigenvalue weighted by atomic mass is 19.1. The monoisotopic (exact) mass is 523 g/mol. The van der Waals surface area contributed by atoms with Crippen LogP contribution >= 0.6 is 0 Å². The van der Waals surface area contributed by atoms with Gasteiger partial charge < -0.3 is 15.6 Å². The molecule has 196 valence electrons.